The Morgan fingerprint density at radius 2 is 1.86 bits per heavy atom. The van der Waals surface area contributed by atoms with E-state index >= 15 is 0 Å². The second-order valence-electron chi connectivity index (χ2n) is 8.49. The normalized spacial score (nSPS) is 18.8. The third-order valence-electron chi connectivity index (χ3n) is 4.86. The van der Waals surface area contributed by atoms with Crippen molar-refractivity contribution in [3.8, 4) is 16.9 Å². The molecule has 1 fully saturated rings. The molecule has 1 saturated heterocycles. The lowest BCUT2D eigenvalue weighted by molar-refractivity contribution is 0.189. The van der Waals surface area contributed by atoms with E-state index in [0.29, 0.717) is 5.56 Å². The van der Waals surface area contributed by atoms with E-state index in [2.05, 4.69) is 43.2 Å². The van der Waals surface area contributed by atoms with Gasteiger partial charge in [-0.2, -0.15) is 5.10 Å². The number of piperidine rings is 1. The van der Waals surface area contributed by atoms with Gasteiger partial charge in [-0.05, 0) is 46.6 Å². The fourth-order valence-electron chi connectivity index (χ4n) is 4.12. The van der Waals surface area contributed by atoms with E-state index in [1.807, 2.05) is 0 Å². The van der Waals surface area contributed by atoms with E-state index in [-0.39, 0.29) is 38.2 Å². The van der Waals surface area contributed by atoms with Gasteiger partial charge in [0, 0.05) is 33.7 Å². The SMILES string of the molecule is COc1cc(-c2cn[nH]c2)c(F)c(F)c1C(=N)SC1CC(C)(C)NC(C)(C)C1. The first-order chi connectivity index (χ1) is 13.0. The minimum atomic E-state index is -1.07. The van der Waals surface area contributed by atoms with Crippen LogP contribution in [0.25, 0.3) is 11.1 Å². The van der Waals surface area contributed by atoms with E-state index < -0.39 is 11.6 Å². The lowest BCUT2D eigenvalue weighted by Gasteiger charge is -2.46. The fraction of sp³-hybridized carbons (Fsp3) is 0.500. The van der Waals surface area contributed by atoms with Crippen LogP contribution in [0.4, 0.5) is 8.78 Å². The van der Waals surface area contributed by atoms with Crippen molar-refractivity contribution in [3.63, 3.8) is 0 Å². The van der Waals surface area contributed by atoms with Crippen molar-refractivity contribution in [2.75, 3.05) is 7.11 Å². The molecular formula is C20H26F2N4OS. The molecule has 28 heavy (non-hydrogen) atoms. The number of rotatable bonds is 4. The van der Waals surface area contributed by atoms with Crippen LogP contribution in [0.3, 0.4) is 0 Å². The van der Waals surface area contributed by atoms with Crippen molar-refractivity contribution in [2.24, 2.45) is 0 Å². The van der Waals surface area contributed by atoms with Gasteiger partial charge in [0.2, 0.25) is 0 Å². The quantitative estimate of drug-likeness (QED) is 0.505. The number of aromatic amines is 1. The van der Waals surface area contributed by atoms with Gasteiger partial charge in [-0.3, -0.25) is 10.5 Å². The predicted molar refractivity (Wildman–Crippen MR) is 109 cm³/mol. The third kappa shape index (κ3) is 4.22. The van der Waals surface area contributed by atoms with Gasteiger partial charge in [-0.1, -0.05) is 0 Å². The second kappa shape index (κ2) is 7.48. The largest absolute Gasteiger partial charge is 0.496 e. The third-order valence-corrected chi connectivity index (χ3v) is 5.97. The molecule has 5 nitrogen and oxygen atoms in total. The predicted octanol–water partition coefficient (Wildman–Crippen LogP) is 4.73. The van der Waals surface area contributed by atoms with Gasteiger partial charge in [0.05, 0.1) is 18.9 Å². The van der Waals surface area contributed by atoms with Gasteiger partial charge < -0.3 is 10.1 Å². The minimum Gasteiger partial charge on any atom is -0.496 e. The molecule has 0 atom stereocenters. The minimum absolute atomic E-state index is 0.0227. The molecule has 0 saturated carbocycles. The number of hydrogen-bond acceptors (Lipinski definition) is 5. The Labute approximate surface area is 168 Å². The maximum atomic E-state index is 15.0. The van der Waals surface area contributed by atoms with Crippen molar-refractivity contribution >= 4 is 16.8 Å². The molecule has 3 rings (SSSR count). The molecule has 8 heteroatoms. The molecule has 0 spiro atoms. The average Bonchev–Trinajstić information content (AvgIpc) is 3.08. The van der Waals surface area contributed by atoms with Crippen LogP contribution in [-0.2, 0) is 0 Å². The molecule has 3 N–H and O–H groups in total. The number of aromatic nitrogens is 2. The number of benzene rings is 1. The Kier molecular flexibility index (Phi) is 5.55. The molecule has 0 aliphatic carbocycles. The van der Waals surface area contributed by atoms with Gasteiger partial charge in [-0.25, -0.2) is 8.78 Å². The maximum Gasteiger partial charge on any atom is 0.173 e. The lowest BCUT2D eigenvalue weighted by Crippen LogP contribution is -2.58. The molecule has 2 heterocycles. The summed E-state index contributed by atoms with van der Waals surface area (Å²) in [5.41, 5.74) is 0.139. The van der Waals surface area contributed by atoms with Crippen LogP contribution < -0.4 is 10.1 Å². The van der Waals surface area contributed by atoms with E-state index in [9.17, 15) is 8.78 Å². The molecule has 1 aliphatic rings. The summed E-state index contributed by atoms with van der Waals surface area (Å²) in [7, 11) is 1.39. The summed E-state index contributed by atoms with van der Waals surface area (Å²) in [5.74, 6) is -1.94. The number of nitrogens with zero attached hydrogens (tertiary/aromatic N) is 1. The zero-order valence-corrected chi connectivity index (χ0v) is 17.6. The molecule has 1 aromatic heterocycles. The molecule has 2 aromatic rings. The van der Waals surface area contributed by atoms with Crippen molar-refractivity contribution in [1.82, 2.24) is 15.5 Å². The zero-order valence-electron chi connectivity index (χ0n) is 16.7. The van der Waals surface area contributed by atoms with Gasteiger partial charge in [0.1, 0.15) is 10.8 Å². The number of hydrogen-bond donors (Lipinski definition) is 3. The molecule has 0 bridgehead atoms. The van der Waals surface area contributed by atoms with Crippen LogP contribution in [0.5, 0.6) is 5.75 Å². The number of ether oxygens (including phenoxy) is 1. The molecule has 0 radical (unpaired) electrons. The molecular weight excluding hydrogens is 382 g/mol. The lowest BCUT2D eigenvalue weighted by atomic mass is 9.82. The monoisotopic (exact) mass is 408 g/mol. The molecule has 0 amide bonds. The fourth-order valence-corrected chi connectivity index (χ4v) is 5.76. The maximum absolute atomic E-state index is 15.0. The van der Waals surface area contributed by atoms with Gasteiger partial charge in [-0.15, -0.1) is 11.8 Å². The summed E-state index contributed by atoms with van der Waals surface area (Å²) in [6, 6.07) is 1.42. The highest BCUT2D eigenvalue weighted by molar-refractivity contribution is 8.14. The Morgan fingerprint density at radius 3 is 2.39 bits per heavy atom. The molecule has 152 valence electrons. The zero-order chi connectivity index (χ0) is 20.7. The molecule has 1 aromatic carbocycles. The van der Waals surface area contributed by atoms with Gasteiger partial charge >= 0.3 is 0 Å². The Bertz CT molecular complexity index is 865. The van der Waals surface area contributed by atoms with Crippen LogP contribution in [-0.4, -0.2) is 38.7 Å². The van der Waals surface area contributed by atoms with Crippen LogP contribution in [0.2, 0.25) is 0 Å². The van der Waals surface area contributed by atoms with Crippen molar-refractivity contribution in [2.45, 2.75) is 56.9 Å². The number of nitrogens with one attached hydrogen (secondary N) is 3. The first-order valence-corrected chi connectivity index (χ1v) is 10.0. The van der Waals surface area contributed by atoms with Gasteiger partial charge in [0.15, 0.2) is 11.6 Å². The Hall–Kier alpha value is -1.93. The van der Waals surface area contributed by atoms with Crippen LogP contribution in [0, 0.1) is 17.0 Å². The average molecular weight is 409 g/mol. The summed E-state index contributed by atoms with van der Waals surface area (Å²) in [4.78, 5) is 0. The summed E-state index contributed by atoms with van der Waals surface area (Å²) in [6.45, 7) is 8.47. The standard InChI is InChI=1S/C20H26F2N4OS/c1-19(2)7-12(8-20(3,4)26-19)28-18(23)15-14(27-5)6-13(16(21)17(15)22)11-9-24-25-10-11/h6,9-10,12,23,26H,7-8H2,1-5H3,(H,24,25). The highest BCUT2D eigenvalue weighted by atomic mass is 32.2. The van der Waals surface area contributed by atoms with Crippen molar-refractivity contribution < 1.29 is 13.5 Å². The van der Waals surface area contributed by atoms with Crippen LogP contribution in [0.15, 0.2) is 18.5 Å². The first-order valence-electron chi connectivity index (χ1n) is 9.13. The smallest absolute Gasteiger partial charge is 0.173 e. The van der Waals surface area contributed by atoms with Crippen LogP contribution in [0.1, 0.15) is 46.1 Å². The van der Waals surface area contributed by atoms with Gasteiger partial charge in [0.25, 0.3) is 0 Å². The second-order valence-corrected chi connectivity index (χ2v) is 9.80. The van der Waals surface area contributed by atoms with E-state index in [1.54, 1.807) is 0 Å². The number of H-pyrrole nitrogens is 1. The highest BCUT2D eigenvalue weighted by Crippen LogP contribution is 2.40. The van der Waals surface area contributed by atoms with Crippen molar-refractivity contribution in [3.05, 3.63) is 35.7 Å². The summed E-state index contributed by atoms with van der Waals surface area (Å²) >= 11 is 1.27. The molecule has 1 aliphatic heterocycles. The number of thioether (sulfide) groups is 1. The summed E-state index contributed by atoms with van der Waals surface area (Å²) in [6.07, 6.45) is 4.54. The number of halogens is 2. The Morgan fingerprint density at radius 1 is 1.21 bits per heavy atom. The number of methoxy groups -OCH3 is 1. The van der Waals surface area contributed by atoms with E-state index in [4.69, 9.17) is 10.1 Å². The van der Waals surface area contributed by atoms with E-state index in [1.165, 1.54) is 37.3 Å². The molecule has 0 unspecified atom stereocenters. The Balaban J connectivity index is 1.93. The van der Waals surface area contributed by atoms with E-state index in [0.717, 1.165) is 12.8 Å². The first kappa shape index (κ1) is 20.8. The summed E-state index contributed by atoms with van der Waals surface area (Å²) in [5, 5.41) is 18.5. The summed E-state index contributed by atoms with van der Waals surface area (Å²) < 4.78 is 35.0. The van der Waals surface area contributed by atoms with Crippen LogP contribution >= 0.6 is 11.8 Å². The topological polar surface area (TPSA) is 73.8 Å². The highest BCUT2D eigenvalue weighted by Gasteiger charge is 2.39. The van der Waals surface area contributed by atoms with Crippen molar-refractivity contribution in [1.29, 1.82) is 5.41 Å².